The number of Topliss-reactive ketones (excluding diaryl/α,β-unsaturated/α-hetero) is 1. The highest BCUT2D eigenvalue weighted by molar-refractivity contribution is 5.98. The van der Waals surface area contributed by atoms with Gasteiger partial charge in [-0.25, -0.2) is 4.79 Å². The van der Waals surface area contributed by atoms with Crippen LogP contribution in [-0.2, 0) is 14.9 Å². The molecule has 0 amide bonds. The standard InChI is InChI=1S/C21H24O4/c1-15-5-11-18(12-6-15)24-14-20(23)25-13-19(22)16-7-9-17(10-8-16)21(2,3)4/h5-12H,13-14H2,1-4H3. The summed E-state index contributed by atoms with van der Waals surface area (Å²) < 4.78 is 10.3. The highest BCUT2D eigenvalue weighted by Crippen LogP contribution is 2.22. The fourth-order valence-electron chi connectivity index (χ4n) is 2.20. The molecule has 0 N–H and O–H groups in total. The first-order valence-corrected chi connectivity index (χ1v) is 8.24. The fraction of sp³-hybridized carbons (Fsp3) is 0.333. The van der Waals surface area contributed by atoms with E-state index in [4.69, 9.17) is 9.47 Å². The Hall–Kier alpha value is -2.62. The molecule has 4 heteroatoms. The van der Waals surface area contributed by atoms with E-state index in [9.17, 15) is 9.59 Å². The lowest BCUT2D eigenvalue weighted by atomic mass is 9.86. The highest BCUT2D eigenvalue weighted by Gasteiger charge is 2.15. The van der Waals surface area contributed by atoms with Gasteiger partial charge in [0.1, 0.15) is 5.75 Å². The fourth-order valence-corrected chi connectivity index (χ4v) is 2.20. The van der Waals surface area contributed by atoms with Crippen molar-refractivity contribution in [2.45, 2.75) is 33.1 Å². The van der Waals surface area contributed by atoms with Crippen LogP contribution in [-0.4, -0.2) is 25.0 Å². The molecule has 0 saturated heterocycles. The van der Waals surface area contributed by atoms with Crippen LogP contribution in [0.25, 0.3) is 0 Å². The number of ether oxygens (including phenoxy) is 2. The lowest BCUT2D eigenvalue weighted by molar-refractivity contribution is -0.144. The van der Waals surface area contributed by atoms with Gasteiger partial charge in [0.2, 0.25) is 0 Å². The first-order chi connectivity index (χ1) is 11.8. The van der Waals surface area contributed by atoms with Gasteiger partial charge in [0.15, 0.2) is 19.0 Å². The van der Waals surface area contributed by atoms with E-state index >= 15 is 0 Å². The number of benzene rings is 2. The maximum atomic E-state index is 12.1. The van der Waals surface area contributed by atoms with Gasteiger partial charge in [0.25, 0.3) is 0 Å². The maximum absolute atomic E-state index is 12.1. The van der Waals surface area contributed by atoms with E-state index in [1.807, 2.05) is 31.2 Å². The Morgan fingerprint density at radius 1 is 0.880 bits per heavy atom. The Kier molecular flexibility index (Phi) is 5.97. The van der Waals surface area contributed by atoms with E-state index in [0.717, 1.165) is 11.1 Å². The van der Waals surface area contributed by atoms with Gasteiger partial charge in [0, 0.05) is 5.56 Å². The van der Waals surface area contributed by atoms with Crippen molar-refractivity contribution in [1.29, 1.82) is 0 Å². The van der Waals surface area contributed by atoms with E-state index < -0.39 is 5.97 Å². The second kappa shape index (κ2) is 7.97. The zero-order valence-electron chi connectivity index (χ0n) is 15.2. The van der Waals surface area contributed by atoms with Crippen molar-refractivity contribution in [2.75, 3.05) is 13.2 Å². The van der Waals surface area contributed by atoms with Crippen molar-refractivity contribution >= 4 is 11.8 Å². The molecule has 0 atom stereocenters. The van der Waals surface area contributed by atoms with Crippen LogP contribution < -0.4 is 4.74 Å². The Morgan fingerprint density at radius 3 is 2.04 bits per heavy atom. The SMILES string of the molecule is Cc1ccc(OCC(=O)OCC(=O)c2ccc(C(C)(C)C)cc2)cc1. The molecule has 0 spiro atoms. The highest BCUT2D eigenvalue weighted by atomic mass is 16.6. The third-order valence-electron chi connectivity index (χ3n) is 3.81. The van der Waals surface area contributed by atoms with E-state index in [0.29, 0.717) is 11.3 Å². The monoisotopic (exact) mass is 340 g/mol. The summed E-state index contributed by atoms with van der Waals surface area (Å²) in [5, 5.41) is 0. The molecule has 2 aromatic carbocycles. The van der Waals surface area contributed by atoms with E-state index in [1.165, 1.54) is 0 Å². The molecule has 0 radical (unpaired) electrons. The molecule has 0 aliphatic heterocycles. The summed E-state index contributed by atoms with van der Waals surface area (Å²) >= 11 is 0. The molecule has 0 fully saturated rings. The summed E-state index contributed by atoms with van der Waals surface area (Å²) in [4.78, 5) is 23.8. The van der Waals surface area contributed by atoms with E-state index in [-0.39, 0.29) is 24.4 Å². The Morgan fingerprint density at radius 2 is 1.48 bits per heavy atom. The van der Waals surface area contributed by atoms with Crippen LogP contribution in [0.15, 0.2) is 48.5 Å². The van der Waals surface area contributed by atoms with Gasteiger partial charge in [-0.2, -0.15) is 0 Å². The minimum absolute atomic E-state index is 0.0291. The van der Waals surface area contributed by atoms with Gasteiger partial charge in [0.05, 0.1) is 0 Å². The predicted octanol–water partition coefficient (Wildman–Crippen LogP) is 4.10. The number of carbonyl (C=O) groups excluding carboxylic acids is 2. The van der Waals surface area contributed by atoms with E-state index in [1.54, 1.807) is 24.3 Å². The van der Waals surface area contributed by atoms with Crippen molar-refractivity contribution in [1.82, 2.24) is 0 Å². The topological polar surface area (TPSA) is 52.6 Å². The summed E-state index contributed by atoms with van der Waals surface area (Å²) in [6.45, 7) is 7.79. The molecule has 25 heavy (non-hydrogen) atoms. The van der Waals surface area contributed by atoms with E-state index in [2.05, 4.69) is 20.8 Å². The average molecular weight is 340 g/mol. The predicted molar refractivity (Wildman–Crippen MR) is 97.1 cm³/mol. The molecule has 0 bridgehead atoms. The lowest BCUT2D eigenvalue weighted by Gasteiger charge is -2.18. The van der Waals surface area contributed by atoms with Crippen LogP contribution in [0.3, 0.4) is 0 Å². The molecule has 0 unspecified atom stereocenters. The number of ketones is 1. The summed E-state index contributed by atoms with van der Waals surface area (Å²) in [6.07, 6.45) is 0. The summed E-state index contributed by atoms with van der Waals surface area (Å²) in [7, 11) is 0. The van der Waals surface area contributed by atoms with Crippen molar-refractivity contribution in [3.05, 3.63) is 65.2 Å². The zero-order valence-corrected chi connectivity index (χ0v) is 15.2. The van der Waals surface area contributed by atoms with Gasteiger partial charge < -0.3 is 9.47 Å². The molecule has 0 aromatic heterocycles. The lowest BCUT2D eigenvalue weighted by Crippen LogP contribution is -2.19. The maximum Gasteiger partial charge on any atom is 0.344 e. The Bertz CT molecular complexity index is 722. The summed E-state index contributed by atoms with van der Waals surface area (Å²) in [5.74, 6) is -0.212. The number of rotatable bonds is 6. The van der Waals surface area contributed by atoms with Crippen LogP contribution in [0.4, 0.5) is 0 Å². The summed E-state index contributed by atoms with van der Waals surface area (Å²) in [5.41, 5.74) is 2.81. The van der Waals surface area contributed by atoms with Crippen LogP contribution in [0.1, 0.15) is 42.3 Å². The first-order valence-electron chi connectivity index (χ1n) is 8.24. The molecule has 2 rings (SSSR count). The largest absolute Gasteiger partial charge is 0.482 e. The van der Waals surface area contributed by atoms with Crippen LogP contribution in [0, 0.1) is 6.92 Å². The number of aryl methyl sites for hydroxylation is 1. The molecule has 4 nitrogen and oxygen atoms in total. The third kappa shape index (κ3) is 5.75. The van der Waals surface area contributed by atoms with Crippen LogP contribution in [0.5, 0.6) is 5.75 Å². The zero-order chi connectivity index (χ0) is 18.4. The molecular weight excluding hydrogens is 316 g/mol. The Labute approximate surface area is 148 Å². The minimum Gasteiger partial charge on any atom is -0.482 e. The summed E-state index contributed by atoms with van der Waals surface area (Å²) in [6, 6.07) is 14.7. The number of hydrogen-bond acceptors (Lipinski definition) is 4. The van der Waals surface area contributed by atoms with Gasteiger partial charge >= 0.3 is 5.97 Å². The van der Waals surface area contributed by atoms with Crippen molar-refractivity contribution < 1.29 is 19.1 Å². The van der Waals surface area contributed by atoms with Crippen molar-refractivity contribution in [3.8, 4) is 5.75 Å². The average Bonchev–Trinajstić information content (AvgIpc) is 2.58. The van der Waals surface area contributed by atoms with Crippen LogP contribution in [0.2, 0.25) is 0 Å². The van der Waals surface area contributed by atoms with Crippen molar-refractivity contribution in [2.24, 2.45) is 0 Å². The molecular formula is C21H24O4. The number of esters is 1. The molecule has 132 valence electrons. The molecule has 0 saturated carbocycles. The number of hydrogen-bond donors (Lipinski definition) is 0. The van der Waals surface area contributed by atoms with Crippen molar-refractivity contribution in [3.63, 3.8) is 0 Å². The first kappa shape index (κ1) is 18.7. The quantitative estimate of drug-likeness (QED) is 0.587. The van der Waals surface area contributed by atoms with Gasteiger partial charge in [-0.3, -0.25) is 4.79 Å². The smallest absolute Gasteiger partial charge is 0.344 e. The minimum atomic E-state index is -0.569. The van der Waals surface area contributed by atoms with Gasteiger partial charge in [-0.05, 0) is 30.0 Å². The second-order valence-corrected chi connectivity index (χ2v) is 7.01. The normalized spacial score (nSPS) is 11.0. The molecule has 0 heterocycles. The van der Waals surface area contributed by atoms with Gasteiger partial charge in [-0.15, -0.1) is 0 Å². The number of carbonyl (C=O) groups is 2. The van der Waals surface area contributed by atoms with Gasteiger partial charge in [-0.1, -0.05) is 62.7 Å². The molecule has 2 aromatic rings. The third-order valence-corrected chi connectivity index (χ3v) is 3.81. The van der Waals surface area contributed by atoms with Crippen LogP contribution >= 0.6 is 0 Å². The Balaban J connectivity index is 1.80. The second-order valence-electron chi connectivity index (χ2n) is 7.01. The molecule has 0 aliphatic rings. The molecule has 0 aliphatic carbocycles.